The Morgan fingerprint density at radius 3 is 2.68 bits per heavy atom. The molecule has 2 heterocycles. The van der Waals surface area contributed by atoms with Gasteiger partial charge in [-0.1, -0.05) is 18.7 Å². The zero-order chi connectivity index (χ0) is 27.6. The Morgan fingerprint density at radius 2 is 1.97 bits per heavy atom. The second kappa shape index (κ2) is 11.1. The van der Waals surface area contributed by atoms with Gasteiger partial charge in [0.25, 0.3) is 11.8 Å². The first-order chi connectivity index (χ1) is 18.0. The van der Waals surface area contributed by atoms with E-state index in [1.807, 2.05) is 0 Å². The highest BCUT2D eigenvalue weighted by Crippen LogP contribution is 2.63. The van der Waals surface area contributed by atoms with Crippen LogP contribution in [0.4, 0.5) is 0 Å². The summed E-state index contributed by atoms with van der Waals surface area (Å²) in [6, 6.07) is 3.74. The number of likely N-dealkylation sites (N-methyl/N-ethyl adjacent to an activating group) is 1. The highest BCUT2D eigenvalue weighted by molar-refractivity contribution is 8.31. The Morgan fingerprint density at radius 1 is 1.21 bits per heavy atom. The maximum atomic E-state index is 13.2. The van der Waals surface area contributed by atoms with Crippen LogP contribution in [-0.2, 0) is 18.6 Å². The van der Waals surface area contributed by atoms with Crippen molar-refractivity contribution in [3.8, 4) is 5.75 Å². The standard InChI is InChI=1S/C27H32N3O7S/c1-5-23(32)29(2)13-7-8-17-16-21(17)38(3,4)37-15-14-36-20-10-6-9-18-24(20)27(35)30(26(18)34)19-11-12-22(31)28-25(19)33/h5-6,9-10,16,19H,1,7-8,11-15H2,2-4H3,(H,28,31,33). The zero-order valence-electron chi connectivity index (χ0n) is 21.8. The fourth-order valence-corrected chi connectivity index (χ4v) is 6.38. The minimum Gasteiger partial charge on any atom is -0.490 e. The number of ether oxygens (including phenoxy) is 1. The molecule has 1 aromatic carbocycles. The van der Waals surface area contributed by atoms with E-state index in [2.05, 4.69) is 30.5 Å². The van der Waals surface area contributed by atoms with E-state index in [0.717, 1.165) is 17.7 Å². The minimum absolute atomic E-state index is 0.0598. The van der Waals surface area contributed by atoms with Gasteiger partial charge in [0.05, 0.1) is 23.0 Å². The van der Waals surface area contributed by atoms with Gasteiger partial charge in [-0.3, -0.25) is 34.2 Å². The molecule has 0 aromatic heterocycles. The number of imide groups is 2. The van der Waals surface area contributed by atoms with Crippen LogP contribution in [0.3, 0.4) is 0 Å². The number of nitrogens with one attached hydrogen (secondary N) is 1. The number of amides is 5. The van der Waals surface area contributed by atoms with E-state index in [4.69, 9.17) is 8.92 Å². The summed E-state index contributed by atoms with van der Waals surface area (Å²) in [7, 11) is 0.275. The summed E-state index contributed by atoms with van der Waals surface area (Å²) in [5.74, 6) is -2.09. The summed E-state index contributed by atoms with van der Waals surface area (Å²) in [6.45, 7) is 4.61. The van der Waals surface area contributed by atoms with Crippen LogP contribution in [0.25, 0.3) is 0 Å². The van der Waals surface area contributed by atoms with E-state index < -0.39 is 40.0 Å². The molecule has 1 fully saturated rings. The third-order valence-electron chi connectivity index (χ3n) is 6.71. The summed E-state index contributed by atoms with van der Waals surface area (Å²) in [4.78, 5) is 64.0. The lowest BCUT2D eigenvalue weighted by Gasteiger charge is -2.31. The molecule has 0 bridgehead atoms. The second-order valence-corrected chi connectivity index (χ2v) is 12.8. The number of nitrogens with zero attached hydrogens (tertiary/aromatic N) is 2. The smallest absolute Gasteiger partial charge is 0.266 e. The number of rotatable bonds is 12. The molecule has 4 rings (SSSR count). The van der Waals surface area contributed by atoms with Gasteiger partial charge in [0.1, 0.15) is 18.4 Å². The molecule has 2 aliphatic heterocycles. The van der Waals surface area contributed by atoms with Crippen molar-refractivity contribution in [1.29, 1.82) is 0 Å². The molecule has 5 amide bonds. The number of hydrogen-bond acceptors (Lipinski definition) is 7. The fraction of sp³-hybridized carbons (Fsp3) is 0.407. The molecule has 0 saturated carbocycles. The van der Waals surface area contributed by atoms with Crippen LogP contribution >= 0.6 is 10.3 Å². The van der Waals surface area contributed by atoms with Crippen LogP contribution < -0.4 is 10.1 Å². The molecule has 11 heteroatoms. The van der Waals surface area contributed by atoms with E-state index in [-0.39, 0.29) is 48.8 Å². The molecule has 1 atom stereocenters. The second-order valence-electron chi connectivity index (χ2n) is 9.63. The van der Waals surface area contributed by atoms with Gasteiger partial charge in [0.2, 0.25) is 17.7 Å². The molecule has 1 unspecified atom stereocenters. The Kier molecular flexibility index (Phi) is 8.08. The van der Waals surface area contributed by atoms with Crippen molar-refractivity contribution in [2.24, 2.45) is 0 Å². The minimum atomic E-state index is -1.48. The highest BCUT2D eigenvalue weighted by Gasteiger charge is 2.46. The van der Waals surface area contributed by atoms with Gasteiger partial charge < -0.3 is 13.8 Å². The number of hydrogen-bond donors (Lipinski definition) is 1. The van der Waals surface area contributed by atoms with Crippen LogP contribution in [0.2, 0.25) is 0 Å². The lowest BCUT2D eigenvalue weighted by molar-refractivity contribution is -0.136. The van der Waals surface area contributed by atoms with E-state index in [0.29, 0.717) is 6.54 Å². The van der Waals surface area contributed by atoms with Crippen molar-refractivity contribution in [2.75, 3.05) is 39.3 Å². The van der Waals surface area contributed by atoms with Crippen LogP contribution in [0, 0.1) is 5.25 Å². The van der Waals surface area contributed by atoms with Crippen LogP contribution in [0.5, 0.6) is 5.75 Å². The highest BCUT2D eigenvalue weighted by atomic mass is 32.3. The first kappa shape index (κ1) is 27.6. The Hall–Kier alpha value is -3.44. The maximum absolute atomic E-state index is 13.2. The molecule has 3 aliphatic rings. The van der Waals surface area contributed by atoms with Gasteiger partial charge in [-0.2, -0.15) is 0 Å². The van der Waals surface area contributed by atoms with Crippen molar-refractivity contribution < 1.29 is 32.9 Å². The summed E-state index contributed by atoms with van der Waals surface area (Å²) in [5.41, 5.74) is 1.55. The van der Waals surface area contributed by atoms with Gasteiger partial charge in [-0.25, -0.2) is 0 Å². The maximum Gasteiger partial charge on any atom is 0.266 e. The van der Waals surface area contributed by atoms with Crippen LogP contribution in [-0.4, -0.2) is 84.7 Å². The molecule has 1 aromatic rings. The fourth-order valence-electron chi connectivity index (χ4n) is 4.61. The van der Waals surface area contributed by atoms with Crippen LogP contribution in [0.1, 0.15) is 46.4 Å². The Bertz CT molecular complexity index is 1230. The predicted octanol–water partition coefficient (Wildman–Crippen LogP) is 2.36. The van der Waals surface area contributed by atoms with Crippen molar-refractivity contribution in [3.63, 3.8) is 0 Å². The first-order valence-corrected chi connectivity index (χ1v) is 14.7. The van der Waals surface area contributed by atoms with E-state index in [1.54, 1.807) is 24.1 Å². The van der Waals surface area contributed by atoms with Gasteiger partial charge in [-0.15, -0.1) is 10.3 Å². The average molecular weight is 543 g/mol. The third kappa shape index (κ3) is 5.68. The molecule has 203 valence electrons. The SMILES string of the molecule is C=CC(=O)N(C)CCCC1=C[C]1S(C)(C)OCCOc1cccc2c1C(=O)N(C1CCC(=O)NC1=O)C2=O. The summed E-state index contributed by atoms with van der Waals surface area (Å²) < 4.78 is 12.0. The van der Waals surface area contributed by atoms with Gasteiger partial charge >= 0.3 is 0 Å². The Balaban J connectivity index is 1.27. The average Bonchev–Trinajstić information content (AvgIpc) is 3.63. The molecule has 1 aliphatic carbocycles. The molecule has 10 nitrogen and oxygen atoms in total. The zero-order valence-corrected chi connectivity index (χ0v) is 22.6. The molecule has 1 saturated heterocycles. The number of piperidine rings is 1. The third-order valence-corrected chi connectivity index (χ3v) is 8.90. The van der Waals surface area contributed by atoms with Gasteiger partial charge in [0, 0.05) is 20.0 Å². The molecular formula is C27H32N3O7S. The van der Waals surface area contributed by atoms with E-state index in [9.17, 15) is 24.0 Å². The quantitative estimate of drug-likeness (QED) is 0.244. The van der Waals surface area contributed by atoms with Crippen LogP contribution in [0.15, 0.2) is 42.5 Å². The summed E-state index contributed by atoms with van der Waals surface area (Å²) in [6.07, 6.45) is 9.42. The van der Waals surface area contributed by atoms with E-state index in [1.165, 1.54) is 23.0 Å². The summed E-state index contributed by atoms with van der Waals surface area (Å²) >= 11 is 0. The summed E-state index contributed by atoms with van der Waals surface area (Å²) in [5, 5.41) is 3.40. The Labute approximate surface area is 223 Å². The number of carbonyl (C=O) groups is 5. The lowest BCUT2D eigenvalue weighted by atomic mass is 10.0. The molecule has 1 radical (unpaired) electrons. The number of carbonyl (C=O) groups excluding carboxylic acids is 5. The largest absolute Gasteiger partial charge is 0.490 e. The molecule has 38 heavy (non-hydrogen) atoms. The predicted molar refractivity (Wildman–Crippen MR) is 142 cm³/mol. The van der Waals surface area contributed by atoms with E-state index >= 15 is 0 Å². The number of benzene rings is 1. The van der Waals surface area contributed by atoms with Crippen molar-refractivity contribution in [3.05, 3.63) is 58.9 Å². The van der Waals surface area contributed by atoms with Crippen molar-refractivity contribution >= 4 is 39.8 Å². The monoisotopic (exact) mass is 542 g/mol. The van der Waals surface area contributed by atoms with Crippen molar-refractivity contribution in [2.45, 2.75) is 31.7 Å². The number of fused-ring (bicyclic) bond motifs is 1. The van der Waals surface area contributed by atoms with Gasteiger partial charge in [-0.05, 0) is 55.6 Å². The van der Waals surface area contributed by atoms with Crippen molar-refractivity contribution in [1.82, 2.24) is 15.1 Å². The lowest BCUT2D eigenvalue weighted by Crippen LogP contribution is -2.54. The first-order valence-electron chi connectivity index (χ1n) is 12.4. The molecular weight excluding hydrogens is 510 g/mol. The molecule has 1 N–H and O–H groups in total. The topological polar surface area (TPSA) is 122 Å². The van der Waals surface area contributed by atoms with Gasteiger partial charge in [0.15, 0.2) is 0 Å². The normalized spacial score (nSPS) is 19.6. The molecule has 0 spiro atoms.